The fraction of sp³-hybridized carbons (Fsp3) is 0.600. The number of aromatic nitrogens is 2. The zero-order chi connectivity index (χ0) is 11.3. The maximum Gasteiger partial charge on any atom is 0.238 e. The summed E-state index contributed by atoms with van der Waals surface area (Å²) in [6, 6.07) is 1.98. The summed E-state index contributed by atoms with van der Waals surface area (Å²) in [5, 5.41) is 0.982. The predicted molar refractivity (Wildman–Crippen MR) is 64.8 cm³/mol. The van der Waals surface area contributed by atoms with Crippen molar-refractivity contribution in [1.82, 2.24) is 9.97 Å². The number of thioether (sulfide) groups is 1. The van der Waals surface area contributed by atoms with Crippen molar-refractivity contribution in [2.24, 2.45) is 11.8 Å². The monoisotopic (exact) mass is 226 g/mol. The molecule has 4 nitrogen and oxygen atoms in total. The average molecular weight is 226 g/mol. The van der Waals surface area contributed by atoms with Crippen molar-refractivity contribution in [3.8, 4) is 0 Å². The summed E-state index contributed by atoms with van der Waals surface area (Å²) in [6.45, 7) is 6.38. The molecule has 0 aliphatic heterocycles. The summed E-state index contributed by atoms with van der Waals surface area (Å²) in [6.07, 6.45) is 1.19. The van der Waals surface area contributed by atoms with Gasteiger partial charge in [0, 0.05) is 11.4 Å². The van der Waals surface area contributed by atoms with Gasteiger partial charge in [0.1, 0.15) is 5.03 Å². The van der Waals surface area contributed by atoms with Crippen LogP contribution in [0.25, 0.3) is 0 Å². The lowest BCUT2D eigenvalue weighted by Gasteiger charge is -2.08. The van der Waals surface area contributed by atoms with Crippen molar-refractivity contribution in [3.63, 3.8) is 0 Å². The Labute approximate surface area is 95.0 Å². The van der Waals surface area contributed by atoms with Crippen molar-refractivity contribution in [2.45, 2.75) is 32.2 Å². The highest BCUT2D eigenvalue weighted by Gasteiger charge is 2.04. The van der Waals surface area contributed by atoms with Crippen molar-refractivity contribution in [1.29, 1.82) is 0 Å². The van der Waals surface area contributed by atoms with Gasteiger partial charge in [-0.15, -0.1) is 11.8 Å². The minimum atomic E-state index is 0.488. The summed E-state index contributed by atoms with van der Waals surface area (Å²) in [7, 11) is 0. The molecule has 1 aromatic heterocycles. The molecule has 1 rings (SSSR count). The minimum Gasteiger partial charge on any atom is -0.292 e. The molecule has 5 heteroatoms. The molecule has 1 aromatic rings. The molecule has 1 heterocycles. The quantitative estimate of drug-likeness (QED) is 0.349. The highest BCUT2D eigenvalue weighted by atomic mass is 32.2. The van der Waals surface area contributed by atoms with Gasteiger partial charge >= 0.3 is 0 Å². The van der Waals surface area contributed by atoms with E-state index >= 15 is 0 Å². The number of hydrogen-bond donors (Lipinski definition) is 2. The molecule has 0 spiro atoms. The zero-order valence-corrected chi connectivity index (χ0v) is 10.3. The van der Waals surface area contributed by atoms with Crippen LogP contribution in [0.15, 0.2) is 11.1 Å². The molecular weight excluding hydrogens is 208 g/mol. The Morgan fingerprint density at radius 2 is 2.27 bits per heavy atom. The van der Waals surface area contributed by atoms with Gasteiger partial charge < -0.3 is 0 Å². The molecule has 84 valence electrons. The van der Waals surface area contributed by atoms with Crippen LogP contribution in [0.1, 0.15) is 26.0 Å². The van der Waals surface area contributed by atoms with E-state index in [9.17, 15) is 0 Å². The first kappa shape index (κ1) is 12.3. The smallest absolute Gasteiger partial charge is 0.238 e. The SMILES string of the molecule is CCC(C)CSc1cc(C)nc(NN)n1. The highest BCUT2D eigenvalue weighted by Crippen LogP contribution is 2.21. The van der Waals surface area contributed by atoms with Crippen LogP contribution < -0.4 is 11.3 Å². The topological polar surface area (TPSA) is 63.8 Å². The molecule has 0 bridgehead atoms. The summed E-state index contributed by atoms with van der Waals surface area (Å²) < 4.78 is 0. The fourth-order valence-electron chi connectivity index (χ4n) is 1.02. The van der Waals surface area contributed by atoms with Gasteiger partial charge in [0.2, 0.25) is 5.95 Å². The molecule has 0 amide bonds. The van der Waals surface area contributed by atoms with E-state index in [0.29, 0.717) is 11.9 Å². The molecule has 3 N–H and O–H groups in total. The second kappa shape index (κ2) is 5.92. The molecule has 0 saturated heterocycles. The first-order valence-electron chi connectivity index (χ1n) is 5.10. The molecule has 1 atom stereocenters. The third-order valence-corrected chi connectivity index (χ3v) is 3.41. The molecule has 1 unspecified atom stereocenters. The predicted octanol–water partition coefficient (Wildman–Crippen LogP) is 2.21. The average Bonchev–Trinajstić information content (AvgIpc) is 2.25. The molecular formula is C10H18N4S. The number of nitrogens with two attached hydrogens (primary N) is 1. The lowest BCUT2D eigenvalue weighted by Crippen LogP contribution is -2.11. The summed E-state index contributed by atoms with van der Waals surface area (Å²) in [4.78, 5) is 8.41. The fourth-order valence-corrected chi connectivity index (χ4v) is 2.12. The third-order valence-electron chi connectivity index (χ3n) is 2.17. The molecule has 0 fully saturated rings. The number of hydrazine groups is 1. The number of nitrogen functional groups attached to an aromatic ring is 1. The molecule has 15 heavy (non-hydrogen) atoms. The van der Waals surface area contributed by atoms with E-state index in [1.165, 1.54) is 6.42 Å². The van der Waals surface area contributed by atoms with Crippen LogP contribution in [0.5, 0.6) is 0 Å². The van der Waals surface area contributed by atoms with Crippen LogP contribution in [0.3, 0.4) is 0 Å². The van der Waals surface area contributed by atoms with Gasteiger partial charge in [-0.3, -0.25) is 5.43 Å². The molecule has 0 radical (unpaired) electrons. The number of aryl methyl sites for hydroxylation is 1. The Morgan fingerprint density at radius 3 is 2.87 bits per heavy atom. The van der Waals surface area contributed by atoms with Gasteiger partial charge in [-0.2, -0.15) is 0 Å². The Balaban J connectivity index is 2.64. The second-order valence-corrected chi connectivity index (χ2v) is 4.68. The van der Waals surface area contributed by atoms with Gasteiger partial charge in [0.25, 0.3) is 0 Å². The van der Waals surface area contributed by atoms with Crippen LogP contribution in [0.2, 0.25) is 0 Å². The van der Waals surface area contributed by atoms with E-state index in [-0.39, 0.29) is 0 Å². The zero-order valence-electron chi connectivity index (χ0n) is 9.45. The largest absolute Gasteiger partial charge is 0.292 e. The lowest BCUT2D eigenvalue weighted by atomic mass is 10.2. The molecule has 0 aliphatic carbocycles. The van der Waals surface area contributed by atoms with E-state index in [1.807, 2.05) is 13.0 Å². The van der Waals surface area contributed by atoms with Crippen molar-refractivity contribution in [2.75, 3.05) is 11.2 Å². The first-order valence-corrected chi connectivity index (χ1v) is 6.09. The van der Waals surface area contributed by atoms with E-state index in [2.05, 4.69) is 29.2 Å². The normalized spacial score (nSPS) is 12.5. The van der Waals surface area contributed by atoms with Gasteiger partial charge in [-0.25, -0.2) is 15.8 Å². The second-order valence-electron chi connectivity index (χ2n) is 3.64. The van der Waals surface area contributed by atoms with Gasteiger partial charge in [-0.05, 0) is 18.9 Å². The lowest BCUT2D eigenvalue weighted by molar-refractivity contribution is 0.636. The van der Waals surface area contributed by atoms with Crippen LogP contribution >= 0.6 is 11.8 Å². The number of hydrogen-bond acceptors (Lipinski definition) is 5. The van der Waals surface area contributed by atoms with Crippen LogP contribution in [0, 0.1) is 12.8 Å². The Bertz CT molecular complexity index is 316. The number of nitrogens with zero attached hydrogens (tertiary/aromatic N) is 2. The summed E-state index contributed by atoms with van der Waals surface area (Å²) in [5.41, 5.74) is 3.41. The van der Waals surface area contributed by atoms with Gasteiger partial charge in [0.15, 0.2) is 0 Å². The Hall–Kier alpha value is -0.810. The van der Waals surface area contributed by atoms with E-state index in [0.717, 1.165) is 16.5 Å². The van der Waals surface area contributed by atoms with Gasteiger partial charge in [-0.1, -0.05) is 20.3 Å². The van der Waals surface area contributed by atoms with E-state index in [4.69, 9.17) is 5.84 Å². The van der Waals surface area contributed by atoms with Crippen molar-refractivity contribution in [3.05, 3.63) is 11.8 Å². The minimum absolute atomic E-state index is 0.488. The molecule has 0 aliphatic rings. The summed E-state index contributed by atoms with van der Waals surface area (Å²) in [5.74, 6) is 7.56. The van der Waals surface area contributed by atoms with Crippen LogP contribution in [0.4, 0.5) is 5.95 Å². The standard InChI is InChI=1S/C10H18N4S/c1-4-7(2)6-15-9-5-8(3)12-10(13-9)14-11/h5,7H,4,6,11H2,1-3H3,(H,12,13,14). The third kappa shape index (κ3) is 4.05. The number of nitrogens with one attached hydrogen (secondary N) is 1. The molecule has 0 saturated carbocycles. The highest BCUT2D eigenvalue weighted by molar-refractivity contribution is 7.99. The van der Waals surface area contributed by atoms with Crippen LogP contribution in [-0.2, 0) is 0 Å². The van der Waals surface area contributed by atoms with E-state index < -0.39 is 0 Å². The molecule has 0 aromatic carbocycles. The Morgan fingerprint density at radius 1 is 1.53 bits per heavy atom. The number of rotatable bonds is 5. The van der Waals surface area contributed by atoms with Crippen molar-refractivity contribution < 1.29 is 0 Å². The summed E-state index contributed by atoms with van der Waals surface area (Å²) >= 11 is 1.75. The maximum absolute atomic E-state index is 5.29. The Kier molecular flexibility index (Phi) is 4.84. The first-order chi connectivity index (χ1) is 7.15. The maximum atomic E-state index is 5.29. The number of anilines is 1. The van der Waals surface area contributed by atoms with Gasteiger partial charge in [0.05, 0.1) is 0 Å². The van der Waals surface area contributed by atoms with Crippen LogP contribution in [-0.4, -0.2) is 15.7 Å². The van der Waals surface area contributed by atoms with E-state index in [1.54, 1.807) is 11.8 Å². The van der Waals surface area contributed by atoms with Crippen molar-refractivity contribution >= 4 is 17.7 Å².